The van der Waals surface area contributed by atoms with Crippen molar-refractivity contribution >= 4 is 40.0 Å². The van der Waals surface area contributed by atoms with E-state index in [0.717, 1.165) is 12.0 Å². The van der Waals surface area contributed by atoms with Crippen molar-refractivity contribution in [2.75, 3.05) is 13.2 Å². The third-order valence-electron chi connectivity index (χ3n) is 3.20. The standard InChI is InChI=1S/C13H18INO3S/c1-13(2,3)15(12(16)17)7-9-8-6-11(14)19-10(8)4-5-18-9/h6,9H,4-5,7H2,1-3H3,(H,16,17). The van der Waals surface area contributed by atoms with Gasteiger partial charge in [-0.25, -0.2) is 4.79 Å². The molecule has 1 N–H and O–H groups in total. The molecular weight excluding hydrogens is 377 g/mol. The van der Waals surface area contributed by atoms with E-state index in [1.54, 1.807) is 11.3 Å². The molecule has 0 bridgehead atoms. The van der Waals surface area contributed by atoms with Crippen molar-refractivity contribution in [2.24, 2.45) is 0 Å². The van der Waals surface area contributed by atoms with Gasteiger partial charge in [-0.2, -0.15) is 0 Å². The first-order chi connectivity index (χ1) is 8.79. The van der Waals surface area contributed by atoms with Crippen molar-refractivity contribution < 1.29 is 14.6 Å². The highest BCUT2D eigenvalue weighted by molar-refractivity contribution is 14.1. The van der Waals surface area contributed by atoms with Gasteiger partial charge >= 0.3 is 6.09 Å². The molecule has 1 aliphatic heterocycles. The zero-order valence-electron chi connectivity index (χ0n) is 11.3. The minimum atomic E-state index is -0.895. The number of fused-ring (bicyclic) bond motifs is 1. The van der Waals surface area contributed by atoms with Gasteiger partial charge < -0.3 is 14.7 Å². The van der Waals surface area contributed by atoms with E-state index in [9.17, 15) is 9.90 Å². The number of hydrogen-bond donors (Lipinski definition) is 1. The van der Waals surface area contributed by atoms with Crippen molar-refractivity contribution in [1.29, 1.82) is 0 Å². The third kappa shape index (κ3) is 3.41. The minimum absolute atomic E-state index is 0.140. The Balaban J connectivity index is 2.22. The molecule has 1 aliphatic rings. The van der Waals surface area contributed by atoms with Crippen LogP contribution in [-0.2, 0) is 11.2 Å². The summed E-state index contributed by atoms with van der Waals surface area (Å²) in [7, 11) is 0. The Morgan fingerprint density at radius 3 is 2.89 bits per heavy atom. The van der Waals surface area contributed by atoms with Crippen molar-refractivity contribution in [3.63, 3.8) is 0 Å². The van der Waals surface area contributed by atoms with Gasteiger partial charge in [-0.3, -0.25) is 0 Å². The predicted octanol–water partition coefficient (Wildman–Crippen LogP) is 3.75. The molecule has 19 heavy (non-hydrogen) atoms. The summed E-state index contributed by atoms with van der Waals surface area (Å²) in [5.41, 5.74) is 0.742. The second kappa shape index (κ2) is 5.57. The second-order valence-corrected chi connectivity index (χ2v) is 8.63. The van der Waals surface area contributed by atoms with E-state index < -0.39 is 11.6 Å². The molecule has 1 aromatic rings. The van der Waals surface area contributed by atoms with Crippen LogP contribution in [0.4, 0.5) is 4.79 Å². The highest BCUT2D eigenvalue weighted by Crippen LogP contribution is 2.35. The quantitative estimate of drug-likeness (QED) is 0.777. The molecule has 0 radical (unpaired) electrons. The van der Waals surface area contributed by atoms with Crippen molar-refractivity contribution in [1.82, 2.24) is 4.90 Å². The zero-order chi connectivity index (χ0) is 14.2. The molecule has 6 heteroatoms. The van der Waals surface area contributed by atoms with Gasteiger partial charge in [-0.1, -0.05) is 0 Å². The Bertz CT molecular complexity index is 481. The van der Waals surface area contributed by atoms with Crippen LogP contribution in [0.1, 0.15) is 37.3 Å². The van der Waals surface area contributed by atoms with Crippen LogP contribution in [0.3, 0.4) is 0 Å². The Morgan fingerprint density at radius 1 is 1.63 bits per heavy atom. The van der Waals surface area contributed by atoms with Crippen molar-refractivity contribution in [3.05, 3.63) is 19.4 Å². The SMILES string of the molecule is CC(C)(C)N(CC1OCCc2sc(I)cc21)C(=O)O. The van der Waals surface area contributed by atoms with E-state index in [2.05, 4.69) is 28.7 Å². The number of amides is 1. The maximum absolute atomic E-state index is 11.4. The fourth-order valence-electron chi connectivity index (χ4n) is 2.22. The van der Waals surface area contributed by atoms with Crippen LogP contribution in [0, 0.1) is 2.88 Å². The Hall–Kier alpha value is -0.340. The number of thiophene rings is 1. The molecule has 106 valence electrons. The van der Waals surface area contributed by atoms with E-state index in [4.69, 9.17) is 4.74 Å². The summed E-state index contributed by atoms with van der Waals surface area (Å²) in [6.07, 6.45) is -0.103. The van der Waals surface area contributed by atoms with Crippen LogP contribution in [0.2, 0.25) is 0 Å². The molecule has 0 saturated carbocycles. The number of nitrogens with zero attached hydrogens (tertiary/aromatic N) is 1. The number of carbonyl (C=O) groups is 1. The number of halogens is 1. The number of carboxylic acid groups (broad SMARTS) is 1. The Morgan fingerprint density at radius 2 is 2.32 bits per heavy atom. The molecule has 0 fully saturated rings. The van der Waals surface area contributed by atoms with Gasteiger partial charge in [0.25, 0.3) is 0 Å². The van der Waals surface area contributed by atoms with Crippen LogP contribution in [0.25, 0.3) is 0 Å². The summed E-state index contributed by atoms with van der Waals surface area (Å²) >= 11 is 4.08. The summed E-state index contributed by atoms with van der Waals surface area (Å²) in [6, 6.07) is 2.12. The van der Waals surface area contributed by atoms with Gasteiger partial charge in [0.2, 0.25) is 0 Å². The lowest BCUT2D eigenvalue weighted by Crippen LogP contribution is -2.47. The molecule has 1 unspecified atom stereocenters. The first kappa shape index (κ1) is 15.1. The summed E-state index contributed by atoms with van der Waals surface area (Å²) < 4.78 is 7.02. The molecule has 2 rings (SSSR count). The fraction of sp³-hybridized carbons (Fsp3) is 0.615. The molecule has 0 aromatic carbocycles. The fourth-order valence-corrected chi connectivity index (χ4v) is 4.26. The van der Waals surface area contributed by atoms with Crippen molar-refractivity contribution in [3.8, 4) is 0 Å². The maximum Gasteiger partial charge on any atom is 0.407 e. The average molecular weight is 395 g/mol. The molecule has 2 heterocycles. The van der Waals surface area contributed by atoms with Crippen LogP contribution in [-0.4, -0.2) is 34.8 Å². The molecule has 4 nitrogen and oxygen atoms in total. The highest BCUT2D eigenvalue weighted by Gasteiger charge is 2.32. The summed E-state index contributed by atoms with van der Waals surface area (Å²) in [4.78, 5) is 14.2. The highest BCUT2D eigenvalue weighted by atomic mass is 127. The van der Waals surface area contributed by atoms with E-state index in [0.29, 0.717) is 13.2 Å². The lowest BCUT2D eigenvalue weighted by molar-refractivity contribution is 0.0000129. The Labute approximate surface area is 130 Å². The van der Waals surface area contributed by atoms with Crippen LogP contribution in [0.15, 0.2) is 6.07 Å². The second-order valence-electron chi connectivity index (χ2n) is 5.60. The lowest BCUT2D eigenvalue weighted by atomic mass is 10.0. The molecule has 0 aliphatic carbocycles. The molecule has 1 amide bonds. The van der Waals surface area contributed by atoms with E-state index in [1.165, 1.54) is 12.7 Å². The molecular formula is C13H18INO3S. The van der Waals surface area contributed by atoms with Crippen LogP contribution < -0.4 is 0 Å². The minimum Gasteiger partial charge on any atom is -0.465 e. The van der Waals surface area contributed by atoms with E-state index in [1.807, 2.05) is 20.8 Å². The first-order valence-electron chi connectivity index (χ1n) is 6.19. The average Bonchev–Trinajstić information content (AvgIpc) is 2.64. The molecule has 1 aromatic heterocycles. The summed E-state index contributed by atoms with van der Waals surface area (Å²) in [6.45, 7) is 6.78. The zero-order valence-corrected chi connectivity index (χ0v) is 14.2. The first-order valence-corrected chi connectivity index (χ1v) is 8.09. The van der Waals surface area contributed by atoms with Gasteiger partial charge in [-0.05, 0) is 55.0 Å². The van der Waals surface area contributed by atoms with Gasteiger partial charge in [0.05, 0.1) is 16.0 Å². The molecule has 0 saturated heterocycles. The van der Waals surface area contributed by atoms with Gasteiger partial charge in [-0.15, -0.1) is 11.3 Å². The lowest BCUT2D eigenvalue weighted by Gasteiger charge is -2.36. The monoisotopic (exact) mass is 395 g/mol. The normalized spacial score (nSPS) is 19.1. The topological polar surface area (TPSA) is 49.8 Å². The van der Waals surface area contributed by atoms with Crippen molar-refractivity contribution in [2.45, 2.75) is 38.8 Å². The van der Waals surface area contributed by atoms with E-state index >= 15 is 0 Å². The van der Waals surface area contributed by atoms with Gasteiger partial charge in [0, 0.05) is 16.8 Å². The van der Waals surface area contributed by atoms with E-state index in [-0.39, 0.29) is 6.10 Å². The predicted molar refractivity (Wildman–Crippen MR) is 83.9 cm³/mol. The smallest absolute Gasteiger partial charge is 0.407 e. The molecule has 1 atom stereocenters. The van der Waals surface area contributed by atoms with Gasteiger partial charge in [0.15, 0.2) is 0 Å². The van der Waals surface area contributed by atoms with Crippen LogP contribution >= 0.6 is 33.9 Å². The Kier molecular flexibility index (Phi) is 4.42. The number of rotatable bonds is 2. The molecule has 0 spiro atoms. The third-order valence-corrected chi connectivity index (χ3v) is 5.17. The van der Waals surface area contributed by atoms with Gasteiger partial charge in [0.1, 0.15) is 6.10 Å². The van der Waals surface area contributed by atoms with Crippen LogP contribution in [0.5, 0.6) is 0 Å². The maximum atomic E-state index is 11.4. The summed E-state index contributed by atoms with van der Waals surface area (Å²) in [5, 5.41) is 9.36. The number of ether oxygens (including phenoxy) is 1. The number of hydrogen-bond acceptors (Lipinski definition) is 3. The summed E-state index contributed by atoms with van der Waals surface area (Å²) in [5.74, 6) is 0. The largest absolute Gasteiger partial charge is 0.465 e.